The number of ether oxygens (including phenoxy) is 2. The van der Waals surface area contributed by atoms with Gasteiger partial charge in [0, 0.05) is 25.7 Å². The van der Waals surface area contributed by atoms with Gasteiger partial charge in [0.15, 0.2) is 6.61 Å². The quantitative estimate of drug-likeness (QED) is 0.773. The van der Waals surface area contributed by atoms with Crippen molar-refractivity contribution in [3.05, 3.63) is 18.2 Å². The van der Waals surface area contributed by atoms with E-state index in [4.69, 9.17) is 9.47 Å². The van der Waals surface area contributed by atoms with E-state index < -0.39 is 10.0 Å². The molecule has 1 aromatic carbocycles. The van der Waals surface area contributed by atoms with Crippen LogP contribution >= 0.6 is 0 Å². The number of amides is 1. The minimum Gasteiger partial charge on any atom is -0.482 e. The van der Waals surface area contributed by atoms with Gasteiger partial charge in [-0.3, -0.25) is 9.69 Å². The van der Waals surface area contributed by atoms with Gasteiger partial charge >= 0.3 is 0 Å². The SMILES string of the molecule is CC(CNS(=O)(=O)c1ccc2c(c1)NC(=O)CO2)N1CCOCC1. The summed E-state index contributed by atoms with van der Waals surface area (Å²) in [5.41, 5.74) is 0.371. The summed E-state index contributed by atoms with van der Waals surface area (Å²) in [6.07, 6.45) is 0. The number of carbonyl (C=O) groups is 1. The maximum atomic E-state index is 12.5. The first kappa shape index (κ1) is 17.2. The highest BCUT2D eigenvalue weighted by Gasteiger charge is 2.23. The zero-order chi connectivity index (χ0) is 17.2. The predicted octanol–water partition coefficient (Wildman–Crippen LogP) is 0.0165. The number of fused-ring (bicyclic) bond motifs is 1. The molecule has 0 saturated carbocycles. The lowest BCUT2D eigenvalue weighted by Gasteiger charge is -2.32. The Morgan fingerprint density at radius 3 is 2.83 bits per heavy atom. The molecule has 9 heteroatoms. The summed E-state index contributed by atoms with van der Waals surface area (Å²) >= 11 is 0. The second-order valence-corrected chi connectivity index (χ2v) is 7.61. The molecule has 1 fully saturated rings. The number of sulfonamides is 1. The molecule has 8 nitrogen and oxygen atoms in total. The van der Waals surface area contributed by atoms with Crippen LogP contribution in [0.4, 0.5) is 5.69 Å². The van der Waals surface area contributed by atoms with E-state index in [1.165, 1.54) is 12.1 Å². The second-order valence-electron chi connectivity index (χ2n) is 5.84. The molecule has 1 aromatic rings. The van der Waals surface area contributed by atoms with Gasteiger partial charge in [0.25, 0.3) is 5.91 Å². The fraction of sp³-hybridized carbons (Fsp3) is 0.533. The minimum absolute atomic E-state index is 0.0611. The van der Waals surface area contributed by atoms with Gasteiger partial charge in [-0.25, -0.2) is 13.1 Å². The number of morpholine rings is 1. The molecule has 0 aliphatic carbocycles. The number of rotatable bonds is 5. The third-order valence-corrected chi connectivity index (χ3v) is 5.55. The van der Waals surface area contributed by atoms with Crippen LogP contribution in [-0.2, 0) is 19.6 Å². The predicted molar refractivity (Wildman–Crippen MR) is 87.6 cm³/mol. The Labute approximate surface area is 141 Å². The third kappa shape index (κ3) is 3.86. The molecule has 0 aromatic heterocycles. The Balaban J connectivity index is 1.66. The van der Waals surface area contributed by atoms with E-state index in [-0.39, 0.29) is 23.5 Å². The zero-order valence-corrected chi connectivity index (χ0v) is 14.3. The van der Waals surface area contributed by atoms with Crippen molar-refractivity contribution in [2.75, 3.05) is 44.8 Å². The molecule has 1 unspecified atom stereocenters. The molecule has 2 aliphatic rings. The normalized spacial score (nSPS) is 20.0. The van der Waals surface area contributed by atoms with Crippen LogP contribution in [0, 0.1) is 0 Å². The zero-order valence-electron chi connectivity index (χ0n) is 13.4. The van der Waals surface area contributed by atoms with Crippen LogP contribution in [-0.4, -0.2) is 64.7 Å². The first-order valence-electron chi connectivity index (χ1n) is 7.84. The largest absolute Gasteiger partial charge is 0.482 e. The van der Waals surface area contributed by atoms with E-state index in [1.807, 2.05) is 6.92 Å². The molecule has 0 radical (unpaired) electrons. The third-order valence-electron chi connectivity index (χ3n) is 4.13. The number of nitrogens with one attached hydrogen (secondary N) is 2. The Hall–Kier alpha value is -1.68. The number of anilines is 1. The number of carbonyl (C=O) groups excluding carboxylic acids is 1. The molecule has 2 N–H and O–H groups in total. The lowest BCUT2D eigenvalue weighted by atomic mass is 10.2. The molecule has 1 atom stereocenters. The van der Waals surface area contributed by atoms with Crippen molar-refractivity contribution in [2.24, 2.45) is 0 Å². The van der Waals surface area contributed by atoms with Crippen LogP contribution in [0.15, 0.2) is 23.1 Å². The minimum atomic E-state index is -3.66. The highest BCUT2D eigenvalue weighted by molar-refractivity contribution is 7.89. The fourth-order valence-electron chi connectivity index (χ4n) is 2.69. The number of hydrogen-bond donors (Lipinski definition) is 2. The molecular weight excluding hydrogens is 334 g/mol. The standard InChI is InChI=1S/C15H21N3O5S/c1-11(18-4-6-22-7-5-18)9-16-24(20,21)12-2-3-14-13(8-12)17-15(19)10-23-14/h2-3,8,11,16H,4-7,9-10H2,1H3,(H,17,19). The summed E-state index contributed by atoms with van der Waals surface area (Å²) in [5.74, 6) is 0.168. The fourth-order valence-corrected chi connectivity index (χ4v) is 3.84. The monoisotopic (exact) mass is 355 g/mol. The van der Waals surface area contributed by atoms with E-state index >= 15 is 0 Å². The summed E-state index contributed by atoms with van der Waals surface area (Å²) in [7, 11) is -3.66. The molecular formula is C15H21N3O5S. The Morgan fingerprint density at radius 2 is 2.08 bits per heavy atom. The molecule has 3 rings (SSSR count). The summed E-state index contributed by atoms with van der Waals surface area (Å²) in [4.78, 5) is 13.6. The molecule has 2 heterocycles. The van der Waals surface area contributed by atoms with Gasteiger partial charge in [0.2, 0.25) is 10.0 Å². The van der Waals surface area contributed by atoms with Crippen LogP contribution in [0.1, 0.15) is 6.92 Å². The van der Waals surface area contributed by atoms with E-state index in [0.717, 1.165) is 13.1 Å². The van der Waals surface area contributed by atoms with Crippen molar-refractivity contribution < 1.29 is 22.7 Å². The van der Waals surface area contributed by atoms with Crippen molar-refractivity contribution in [3.8, 4) is 5.75 Å². The highest BCUT2D eigenvalue weighted by atomic mass is 32.2. The van der Waals surface area contributed by atoms with E-state index in [2.05, 4.69) is 14.9 Å². The van der Waals surface area contributed by atoms with Gasteiger partial charge in [-0.05, 0) is 25.1 Å². The molecule has 1 amide bonds. The number of benzene rings is 1. The lowest BCUT2D eigenvalue weighted by molar-refractivity contribution is -0.118. The maximum absolute atomic E-state index is 12.5. The molecule has 1 saturated heterocycles. The molecule has 132 valence electrons. The van der Waals surface area contributed by atoms with Crippen LogP contribution in [0.2, 0.25) is 0 Å². The average molecular weight is 355 g/mol. The van der Waals surface area contributed by atoms with Gasteiger partial charge in [0.05, 0.1) is 23.8 Å². The molecule has 0 bridgehead atoms. The van der Waals surface area contributed by atoms with E-state index in [0.29, 0.717) is 31.2 Å². The molecule has 2 aliphatic heterocycles. The smallest absolute Gasteiger partial charge is 0.262 e. The van der Waals surface area contributed by atoms with E-state index in [1.54, 1.807) is 6.07 Å². The maximum Gasteiger partial charge on any atom is 0.262 e. The molecule has 0 spiro atoms. The first-order valence-corrected chi connectivity index (χ1v) is 9.32. The van der Waals surface area contributed by atoms with Crippen LogP contribution in [0.25, 0.3) is 0 Å². The van der Waals surface area contributed by atoms with Crippen LogP contribution < -0.4 is 14.8 Å². The van der Waals surface area contributed by atoms with Gasteiger partial charge in [-0.15, -0.1) is 0 Å². The lowest BCUT2D eigenvalue weighted by Crippen LogP contribution is -2.47. The van der Waals surface area contributed by atoms with Crippen molar-refractivity contribution in [1.29, 1.82) is 0 Å². The van der Waals surface area contributed by atoms with Crippen molar-refractivity contribution >= 4 is 21.6 Å². The van der Waals surface area contributed by atoms with Crippen LogP contribution in [0.3, 0.4) is 0 Å². The average Bonchev–Trinajstić information content (AvgIpc) is 2.59. The first-order chi connectivity index (χ1) is 11.5. The summed E-state index contributed by atoms with van der Waals surface area (Å²) < 4.78 is 38.1. The van der Waals surface area contributed by atoms with Gasteiger partial charge in [-0.2, -0.15) is 0 Å². The van der Waals surface area contributed by atoms with Gasteiger partial charge in [0.1, 0.15) is 5.75 Å². The topological polar surface area (TPSA) is 97.0 Å². The summed E-state index contributed by atoms with van der Waals surface area (Å²) in [5, 5.41) is 2.61. The van der Waals surface area contributed by atoms with Crippen molar-refractivity contribution in [1.82, 2.24) is 9.62 Å². The van der Waals surface area contributed by atoms with Crippen LogP contribution in [0.5, 0.6) is 5.75 Å². The second kappa shape index (κ2) is 7.06. The van der Waals surface area contributed by atoms with Gasteiger partial charge in [-0.1, -0.05) is 0 Å². The van der Waals surface area contributed by atoms with Crippen molar-refractivity contribution in [2.45, 2.75) is 17.9 Å². The number of nitrogens with zero attached hydrogens (tertiary/aromatic N) is 1. The van der Waals surface area contributed by atoms with Gasteiger partial charge < -0.3 is 14.8 Å². The Bertz CT molecular complexity index is 716. The Kier molecular flexibility index (Phi) is 5.04. The Morgan fingerprint density at radius 1 is 1.33 bits per heavy atom. The summed E-state index contributed by atoms with van der Waals surface area (Å²) in [6, 6.07) is 4.50. The van der Waals surface area contributed by atoms with E-state index in [9.17, 15) is 13.2 Å². The molecule has 24 heavy (non-hydrogen) atoms. The summed E-state index contributed by atoms with van der Waals surface area (Å²) in [6.45, 7) is 5.16. The van der Waals surface area contributed by atoms with Crippen molar-refractivity contribution in [3.63, 3.8) is 0 Å². The number of hydrogen-bond acceptors (Lipinski definition) is 6. The highest BCUT2D eigenvalue weighted by Crippen LogP contribution is 2.29.